The van der Waals surface area contributed by atoms with Gasteiger partial charge >= 0.3 is 0 Å². The van der Waals surface area contributed by atoms with Crippen molar-refractivity contribution in [1.29, 1.82) is 0 Å². The molecular formula is C9H16N4O2. The molecule has 0 aliphatic heterocycles. The van der Waals surface area contributed by atoms with Crippen LogP contribution in [0.3, 0.4) is 0 Å². The monoisotopic (exact) mass is 212 g/mol. The maximum absolute atomic E-state index is 10.9. The Morgan fingerprint density at radius 1 is 1.73 bits per heavy atom. The van der Waals surface area contributed by atoms with E-state index in [0.717, 1.165) is 0 Å². The van der Waals surface area contributed by atoms with Crippen LogP contribution in [-0.4, -0.2) is 35.1 Å². The minimum absolute atomic E-state index is 0.196. The third kappa shape index (κ3) is 3.59. The number of carbonyl (C=O) groups is 1. The van der Waals surface area contributed by atoms with Crippen LogP contribution < -0.4 is 11.1 Å². The number of aromatic nitrogens is 2. The minimum Gasteiger partial charge on any atom is -0.377 e. The normalized spacial score (nSPS) is 10.6. The third-order valence-electron chi connectivity index (χ3n) is 1.73. The number of carbonyl (C=O) groups excluding carboxylic acids is 1. The molecule has 0 bridgehead atoms. The van der Waals surface area contributed by atoms with Gasteiger partial charge in [0.1, 0.15) is 5.69 Å². The number of primary amides is 1. The highest BCUT2D eigenvalue weighted by Gasteiger charge is 2.09. The van der Waals surface area contributed by atoms with Gasteiger partial charge in [-0.2, -0.15) is 0 Å². The number of hydrogen-bond acceptors (Lipinski definition) is 4. The maximum Gasteiger partial charge on any atom is 0.269 e. The summed E-state index contributed by atoms with van der Waals surface area (Å²) in [7, 11) is 0. The van der Waals surface area contributed by atoms with E-state index in [9.17, 15) is 4.79 Å². The molecule has 0 spiro atoms. The number of nitrogens with zero attached hydrogens (tertiary/aromatic N) is 1. The van der Waals surface area contributed by atoms with Gasteiger partial charge in [-0.15, -0.1) is 0 Å². The van der Waals surface area contributed by atoms with E-state index in [1.807, 2.05) is 13.8 Å². The smallest absolute Gasteiger partial charge is 0.269 e. The second-order valence-corrected chi connectivity index (χ2v) is 3.34. The van der Waals surface area contributed by atoms with E-state index in [0.29, 0.717) is 24.7 Å². The first-order chi connectivity index (χ1) is 7.11. The highest BCUT2D eigenvalue weighted by molar-refractivity contribution is 5.95. The molecule has 15 heavy (non-hydrogen) atoms. The zero-order valence-corrected chi connectivity index (χ0v) is 8.91. The van der Waals surface area contributed by atoms with Gasteiger partial charge in [-0.3, -0.25) is 4.79 Å². The number of hydrogen-bond donors (Lipinski definition) is 3. The van der Waals surface area contributed by atoms with E-state index < -0.39 is 5.91 Å². The lowest BCUT2D eigenvalue weighted by Gasteiger charge is -2.08. The third-order valence-corrected chi connectivity index (χ3v) is 1.73. The minimum atomic E-state index is -0.528. The Hall–Kier alpha value is -1.56. The average molecular weight is 212 g/mol. The Morgan fingerprint density at radius 3 is 3.07 bits per heavy atom. The van der Waals surface area contributed by atoms with Gasteiger partial charge in [0.15, 0.2) is 5.82 Å². The van der Waals surface area contributed by atoms with E-state index in [1.165, 1.54) is 6.33 Å². The number of anilines is 1. The van der Waals surface area contributed by atoms with Crippen molar-refractivity contribution in [1.82, 2.24) is 9.97 Å². The van der Waals surface area contributed by atoms with Crippen molar-refractivity contribution in [2.24, 2.45) is 5.73 Å². The Bertz CT molecular complexity index is 322. The molecular weight excluding hydrogens is 196 g/mol. The highest BCUT2D eigenvalue weighted by atomic mass is 16.5. The molecule has 0 atom stereocenters. The van der Waals surface area contributed by atoms with Crippen molar-refractivity contribution in [3.8, 4) is 0 Å². The number of aromatic amines is 1. The Morgan fingerprint density at radius 2 is 2.47 bits per heavy atom. The van der Waals surface area contributed by atoms with Gasteiger partial charge in [0.05, 0.1) is 19.0 Å². The zero-order chi connectivity index (χ0) is 11.3. The van der Waals surface area contributed by atoms with E-state index in [2.05, 4.69) is 15.3 Å². The van der Waals surface area contributed by atoms with Crippen LogP contribution in [-0.2, 0) is 4.74 Å². The van der Waals surface area contributed by atoms with Crippen LogP contribution in [0.25, 0.3) is 0 Å². The first kappa shape index (κ1) is 11.5. The standard InChI is InChI=1S/C9H16N4O2/c1-6(2)15-4-3-11-9-7(8(10)14)12-5-13-9/h5-6,11H,3-4H2,1-2H3,(H2,10,14)(H,12,13). The van der Waals surface area contributed by atoms with E-state index >= 15 is 0 Å². The predicted octanol–water partition coefficient (Wildman–Crippen LogP) is 0.345. The summed E-state index contributed by atoms with van der Waals surface area (Å²) in [6, 6.07) is 0. The summed E-state index contributed by atoms with van der Waals surface area (Å²) in [6.45, 7) is 5.07. The molecule has 1 aromatic heterocycles. The summed E-state index contributed by atoms with van der Waals surface area (Å²) in [5.74, 6) is -0.0605. The van der Waals surface area contributed by atoms with Crippen LogP contribution in [0.5, 0.6) is 0 Å². The Balaban J connectivity index is 2.37. The number of nitrogens with one attached hydrogen (secondary N) is 2. The molecule has 6 nitrogen and oxygen atoms in total. The van der Waals surface area contributed by atoms with Crippen LogP contribution >= 0.6 is 0 Å². The van der Waals surface area contributed by atoms with Gasteiger partial charge in [0.25, 0.3) is 5.91 Å². The van der Waals surface area contributed by atoms with Crippen LogP contribution in [0.2, 0.25) is 0 Å². The molecule has 1 heterocycles. The van der Waals surface area contributed by atoms with Gasteiger partial charge in [-0.05, 0) is 13.8 Å². The molecule has 0 aliphatic rings. The average Bonchev–Trinajstić information content (AvgIpc) is 2.60. The molecule has 84 valence electrons. The summed E-state index contributed by atoms with van der Waals surface area (Å²) >= 11 is 0. The van der Waals surface area contributed by atoms with Gasteiger partial charge in [0, 0.05) is 6.54 Å². The molecule has 6 heteroatoms. The molecule has 0 aliphatic carbocycles. The first-order valence-corrected chi connectivity index (χ1v) is 4.80. The van der Waals surface area contributed by atoms with Gasteiger partial charge in [-0.25, -0.2) is 4.98 Å². The van der Waals surface area contributed by atoms with Crippen LogP contribution in [0, 0.1) is 0 Å². The predicted molar refractivity (Wildman–Crippen MR) is 56.7 cm³/mol. The maximum atomic E-state index is 10.9. The van der Waals surface area contributed by atoms with Crippen molar-refractivity contribution in [2.75, 3.05) is 18.5 Å². The number of H-pyrrole nitrogens is 1. The molecule has 0 fully saturated rings. The number of rotatable bonds is 6. The van der Waals surface area contributed by atoms with Crippen molar-refractivity contribution < 1.29 is 9.53 Å². The van der Waals surface area contributed by atoms with Crippen molar-refractivity contribution in [2.45, 2.75) is 20.0 Å². The van der Waals surface area contributed by atoms with Crippen LogP contribution in [0.1, 0.15) is 24.3 Å². The fourth-order valence-electron chi connectivity index (χ4n) is 1.08. The summed E-state index contributed by atoms with van der Waals surface area (Å²) in [4.78, 5) is 17.5. The highest BCUT2D eigenvalue weighted by Crippen LogP contribution is 2.07. The summed E-state index contributed by atoms with van der Waals surface area (Å²) < 4.78 is 5.32. The number of nitrogens with two attached hydrogens (primary N) is 1. The van der Waals surface area contributed by atoms with Gasteiger partial charge < -0.3 is 20.8 Å². The summed E-state index contributed by atoms with van der Waals surface area (Å²) in [6.07, 6.45) is 1.62. The van der Waals surface area contributed by atoms with Crippen LogP contribution in [0.4, 0.5) is 5.82 Å². The topological polar surface area (TPSA) is 93.0 Å². The van der Waals surface area contributed by atoms with E-state index in [-0.39, 0.29) is 6.10 Å². The Kier molecular flexibility index (Phi) is 4.11. The number of ether oxygens (including phenoxy) is 1. The molecule has 0 radical (unpaired) electrons. The second kappa shape index (κ2) is 5.35. The fourth-order valence-corrected chi connectivity index (χ4v) is 1.08. The Labute approximate surface area is 88.2 Å². The molecule has 4 N–H and O–H groups in total. The van der Waals surface area contributed by atoms with Gasteiger partial charge in [-0.1, -0.05) is 0 Å². The lowest BCUT2D eigenvalue weighted by Crippen LogP contribution is -2.17. The van der Waals surface area contributed by atoms with Crippen molar-refractivity contribution in [3.05, 3.63) is 12.0 Å². The molecule has 0 saturated carbocycles. The van der Waals surface area contributed by atoms with Crippen LogP contribution in [0.15, 0.2) is 6.33 Å². The number of imidazole rings is 1. The van der Waals surface area contributed by atoms with Crippen molar-refractivity contribution >= 4 is 11.7 Å². The molecule has 0 aromatic carbocycles. The lowest BCUT2D eigenvalue weighted by molar-refractivity contribution is 0.0869. The zero-order valence-electron chi connectivity index (χ0n) is 8.91. The quantitative estimate of drug-likeness (QED) is 0.593. The second-order valence-electron chi connectivity index (χ2n) is 3.34. The lowest BCUT2D eigenvalue weighted by atomic mass is 10.4. The summed E-state index contributed by atoms with van der Waals surface area (Å²) in [5, 5.41) is 2.96. The van der Waals surface area contributed by atoms with E-state index in [1.54, 1.807) is 0 Å². The summed E-state index contributed by atoms with van der Waals surface area (Å²) in [5.41, 5.74) is 5.42. The SMILES string of the molecule is CC(C)OCCNc1nc[nH]c1C(N)=O. The largest absolute Gasteiger partial charge is 0.377 e. The van der Waals surface area contributed by atoms with E-state index in [4.69, 9.17) is 10.5 Å². The molecule has 1 rings (SSSR count). The van der Waals surface area contributed by atoms with Crippen molar-refractivity contribution in [3.63, 3.8) is 0 Å². The molecule has 0 saturated heterocycles. The van der Waals surface area contributed by atoms with Gasteiger partial charge in [0.2, 0.25) is 0 Å². The molecule has 1 aromatic rings. The number of amides is 1. The fraction of sp³-hybridized carbons (Fsp3) is 0.556. The molecule has 1 amide bonds. The molecule has 0 unspecified atom stereocenters. The first-order valence-electron chi connectivity index (χ1n) is 4.80.